The Hall–Kier alpha value is -1.93. The monoisotopic (exact) mass is 761 g/mol. The zero-order valence-corrected chi connectivity index (χ0v) is 34.2. The van der Waals surface area contributed by atoms with E-state index in [1.165, 1.54) is 42.5 Å². The van der Waals surface area contributed by atoms with Crippen LogP contribution in [0.25, 0.3) is 0 Å². The molecule has 0 radical (unpaired) electrons. The predicted octanol–water partition coefficient (Wildman–Crippen LogP) is -9.29. The summed E-state index contributed by atoms with van der Waals surface area (Å²) in [4.78, 5) is 36.3. The maximum absolute atomic E-state index is 12.9. The van der Waals surface area contributed by atoms with Crippen LogP contribution >= 0.6 is 0 Å². The minimum atomic E-state index is -5.08. The summed E-state index contributed by atoms with van der Waals surface area (Å²) in [7, 11) is -13.9. The molecule has 0 saturated carbocycles. The van der Waals surface area contributed by atoms with Crippen molar-refractivity contribution >= 4 is 70.9 Å². The molecule has 1 unspecified atom stereocenters. The normalized spacial score (nSPS) is 14.7. The summed E-state index contributed by atoms with van der Waals surface area (Å²) < 4.78 is 93.8. The first-order chi connectivity index (χ1) is 21.4. The standard InChI is InChI=1S/C25H21N5O13S3.3Na/c31-23(26-17-2-1-3-20(14-17)44(35,36)13-12-43-46(40,41)42)15-4-6-16(7-5-15)27-28-21-22(25(33)34)29-30(24(21)32)18-8-10-19(11-9-18)45(37,38)39;;;/h1-11,14,21H,12-13H2,(H,26,31)(H,33,34)(H,37,38,39)(H,40,41,42);;;/q;3*+1/p-3. The van der Waals surface area contributed by atoms with Gasteiger partial charge in [-0.25, -0.2) is 25.3 Å². The fourth-order valence-electron chi connectivity index (χ4n) is 3.78. The number of sulfone groups is 1. The topological polar surface area (TPSA) is 284 Å². The molecule has 0 aromatic heterocycles. The number of carboxylic acid groups (broad SMARTS) is 1. The van der Waals surface area contributed by atoms with Crippen LogP contribution in [0.3, 0.4) is 0 Å². The largest absolute Gasteiger partial charge is 1.00 e. The van der Waals surface area contributed by atoms with Crippen LogP contribution < -0.4 is 104 Å². The third kappa shape index (κ3) is 12.4. The van der Waals surface area contributed by atoms with Gasteiger partial charge < -0.3 is 24.3 Å². The Morgan fingerprint density at radius 2 is 1.49 bits per heavy atom. The first kappa shape index (κ1) is 45.1. The summed E-state index contributed by atoms with van der Waals surface area (Å²) in [5.41, 5.74) is -0.630. The van der Waals surface area contributed by atoms with Gasteiger partial charge in [-0.1, -0.05) is 6.07 Å². The molecule has 1 N–H and O–H groups in total. The number of aliphatic carboxylic acids is 1. The van der Waals surface area contributed by atoms with Crippen LogP contribution in [0.4, 0.5) is 17.1 Å². The van der Waals surface area contributed by atoms with Crippen molar-refractivity contribution in [3.05, 3.63) is 78.4 Å². The summed E-state index contributed by atoms with van der Waals surface area (Å²) in [6.07, 6.45) is 0. The average Bonchev–Trinajstić information content (AvgIpc) is 3.31. The number of hydrazone groups is 1. The molecule has 2 amide bonds. The maximum atomic E-state index is 12.9. The summed E-state index contributed by atoms with van der Waals surface area (Å²) in [6, 6.07) is 12.4. The van der Waals surface area contributed by atoms with Crippen molar-refractivity contribution in [3.63, 3.8) is 0 Å². The van der Waals surface area contributed by atoms with Gasteiger partial charge in [0.1, 0.15) is 15.8 Å². The van der Waals surface area contributed by atoms with Crippen LogP contribution in [0.15, 0.2) is 97.9 Å². The van der Waals surface area contributed by atoms with Crippen LogP contribution in [-0.2, 0) is 44.1 Å². The van der Waals surface area contributed by atoms with E-state index in [4.69, 9.17) is 0 Å². The Kier molecular flexibility index (Phi) is 17.0. The van der Waals surface area contributed by atoms with E-state index in [1.807, 2.05) is 0 Å². The molecule has 0 spiro atoms. The molecule has 1 aliphatic heterocycles. The molecule has 1 heterocycles. The van der Waals surface area contributed by atoms with Gasteiger partial charge in [0.25, 0.3) is 11.8 Å². The van der Waals surface area contributed by atoms with Gasteiger partial charge in [0.05, 0.1) is 39.5 Å². The minimum absolute atomic E-state index is 0. The smallest absolute Gasteiger partial charge is 0.744 e. The predicted molar refractivity (Wildman–Crippen MR) is 151 cm³/mol. The van der Waals surface area contributed by atoms with Crippen molar-refractivity contribution in [3.8, 4) is 0 Å². The van der Waals surface area contributed by atoms with E-state index >= 15 is 0 Å². The maximum Gasteiger partial charge on any atom is 1.00 e. The van der Waals surface area contributed by atoms with Crippen LogP contribution in [0.2, 0.25) is 0 Å². The van der Waals surface area contributed by atoms with E-state index in [0.29, 0.717) is 5.01 Å². The summed E-state index contributed by atoms with van der Waals surface area (Å²) in [6.45, 7) is -0.894. The molecule has 18 nitrogen and oxygen atoms in total. The van der Waals surface area contributed by atoms with Crippen molar-refractivity contribution in [2.24, 2.45) is 15.3 Å². The Morgan fingerprint density at radius 3 is 2.04 bits per heavy atom. The van der Waals surface area contributed by atoms with Gasteiger partial charge in [0.15, 0.2) is 15.9 Å². The molecule has 0 fully saturated rings. The number of carboxylic acids is 1. The van der Waals surface area contributed by atoms with Gasteiger partial charge in [0, 0.05) is 11.3 Å². The van der Waals surface area contributed by atoms with E-state index in [0.717, 1.165) is 30.3 Å². The number of hydrogen-bond donors (Lipinski definition) is 1. The second-order valence-corrected chi connectivity index (χ2v) is 13.6. The molecular weight excluding hydrogens is 743 g/mol. The fraction of sp³-hybridized carbons (Fsp3) is 0.120. The minimum Gasteiger partial charge on any atom is -0.744 e. The zero-order valence-electron chi connectivity index (χ0n) is 25.7. The van der Waals surface area contributed by atoms with Crippen LogP contribution in [0.1, 0.15) is 10.4 Å². The summed E-state index contributed by atoms with van der Waals surface area (Å²) in [5.74, 6) is -4.29. The van der Waals surface area contributed by atoms with Gasteiger partial charge >= 0.3 is 88.7 Å². The van der Waals surface area contributed by atoms with Crippen LogP contribution in [0, 0.1) is 0 Å². The molecule has 242 valence electrons. The number of nitrogens with one attached hydrogen (secondary N) is 1. The molecule has 1 aliphatic rings. The molecule has 4 rings (SSSR count). The molecule has 1 atom stereocenters. The number of azo groups is 1. The molecule has 49 heavy (non-hydrogen) atoms. The van der Waals surface area contributed by atoms with Crippen LogP contribution in [0.5, 0.6) is 0 Å². The van der Waals surface area contributed by atoms with Gasteiger partial charge in [-0.05, 0) is 66.7 Å². The number of hydrogen-bond acceptors (Lipinski definition) is 16. The van der Waals surface area contributed by atoms with Crippen molar-refractivity contribution < 1.29 is 147 Å². The quantitative estimate of drug-likeness (QED) is 0.0778. The van der Waals surface area contributed by atoms with Crippen molar-refractivity contribution in [2.45, 2.75) is 15.8 Å². The van der Waals surface area contributed by atoms with E-state index < -0.39 is 77.1 Å². The second-order valence-electron chi connectivity index (χ2n) is 9.07. The summed E-state index contributed by atoms with van der Waals surface area (Å²) in [5, 5.41) is 25.9. The van der Waals surface area contributed by atoms with Crippen molar-refractivity contribution in [1.29, 1.82) is 0 Å². The first-order valence-corrected chi connectivity index (χ1v) is 16.8. The second kappa shape index (κ2) is 18.5. The SMILES string of the molecule is O=C([O-])C1=NN(c2ccc(S(=O)(=O)[O-])cc2)C(=O)C1N=Nc1ccc(C(=O)Nc2cccc(S(=O)(=O)CCOS(=O)(=O)[O-])c2)cc1.[Na+].[Na+].[Na+]. The van der Waals surface area contributed by atoms with E-state index in [-0.39, 0.29) is 116 Å². The molecule has 24 heteroatoms. The van der Waals surface area contributed by atoms with Crippen molar-refractivity contribution in [2.75, 3.05) is 22.7 Å². The fourth-order valence-corrected chi connectivity index (χ4v) is 5.77. The third-order valence-electron chi connectivity index (χ3n) is 5.94. The van der Waals surface area contributed by atoms with Gasteiger partial charge in [-0.2, -0.15) is 20.3 Å². The van der Waals surface area contributed by atoms with Crippen molar-refractivity contribution in [1.82, 2.24) is 0 Å². The Morgan fingerprint density at radius 1 is 0.878 bits per heavy atom. The molecule has 3 aromatic rings. The zero-order chi connectivity index (χ0) is 33.9. The Labute approximate surface area is 345 Å². The van der Waals surface area contributed by atoms with Crippen LogP contribution in [-0.4, -0.2) is 76.3 Å². The number of carbonyl (C=O) groups is 3. The van der Waals surface area contributed by atoms with Gasteiger partial charge in [-0.15, -0.1) is 0 Å². The number of benzene rings is 3. The molecule has 3 aromatic carbocycles. The van der Waals surface area contributed by atoms with E-state index in [9.17, 15) is 53.8 Å². The Balaban J connectivity index is 0.00000400. The number of nitrogens with zero attached hydrogens (tertiary/aromatic N) is 4. The van der Waals surface area contributed by atoms with E-state index in [2.05, 4.69) is 24.8 Å². The number of rotatable bonds is 12. The third-order valence-corrected chi connectivity index (χ3v) is 8.92. The molecular formula is C25H18N5Na3O13S3. The van der Waals surface area contributed by atoms with E-state index in [1.54, 1.807) is 0 Å². The number of anilines is 2. The summed E-state index contributed by atoms with van der Waals surface area (Å²) >= 11 is 0. The first-order valence-electron chi connectivity index (χ1n) is 12.4. The Bertz CT molecular complexity index is 2100. The average molecular weight is 762 g/mol. The molecule has 0 aliphatic carbocycles. The number of carbonyl (C=O) groups excluding carboxylic acids is 3. The molecule has 0 bridgehead atoms. The molecule has 0 saturated heterocycles. The van der Waals surface area contributed by atoms with Gasteiger partial charge in [-0.3, -0.25) is 13.8 Å². The number of amides is 2. The van der Waals surface area contributed by atoms with Gasteiger partial charge in [0.2, 0.25) is 10.4 Å².